The lowest BCUT2D eigenvalue weighted by Gasteiger charge is -2.13. The normalized spacial score (nSPS) is 12.0. The molecule has 4 nitrogen and oxygen atoms in total. The van der Waals surface area contributed by atoms with Gasteiger partial charge in [0, 0.05) is 17.2 Å². The Morgan fingerprint density at radius 2 is 2.11 bits per heavy atom. The number of nitro groups is 1. The largest absolute Gasteiger partial charge is 0.508 e. The van der Waals surface area contributed by atoms with Gasteiger partial charge in [-0.2, -0.15) is 0 Å². The lowest BCUT2D eigenvalue weighted by molar-refractivity contribution is -0.385. The number of aromatic hydroxyl groups is 1. The summed E-state index contributed by atoms with van der Waals surface area (Å²) in [5, 5.41) is 20.9. The maximum atomic E-state index is 10.9. The van der Waals surface area contributed by atoms with Gasteiger partial charge in [-0.3, -0.25) is 10.1 Å². The minimum absolute atomic E-state index is 0.0712. The fourth-order valence-electron chi connectivity index (χ4n) is 2.07. The first-order valence-electron chi connectivity index (χ1n) is 6.44. The van der Waals surface area contributed by atoms with E-state index in [1.807, 2.05) is 20.8 Å². The maximum absolute atomic E-state index is 10.9. The molecular weight excluding hydrogens is 242 g/mol. The molecular formula is C15H21NO3. The molecule has 0 bridgehead atoms. The standard InChI is InChI=1S/C15H21NO3/c1-10(2)6-5-7-11(3)13-9-14(16(18)19)12(4)8-15(13)17/h6,8-9,11,17H,5,7H2,1-4H3/t11-/m0/s1. The van der Waals surface area contributed by atoms with Gasteiger partial charge in [-0.15, -0.1) is 0 Å². The van der Waals surface area contributed by atoms with Crippen molar-refractivity contribution in [1.82, 2.24) is 0 Å². The van der Waals surface area contributed by atoms with E-state index in [-0.39, 0.29) is 17.4 Å². The van der Waals surface area contributed by atoms with E-state index in [0.29, 0.717) is 11.1 Å². The molecule has 0 aliphatic carbocycles. The quantitative estimate of drug-likeness (QED) is 0.484. The molecule has 0 spiro atoms. The topological polar surface area (TPSA) is 63.4 Å². The first kappa shape index (κ1) is 15.2. The molecule has 0 amide bonds. The summed E-state index contributed by atoms with van der Waals surface area (Å²) in [6, 6.07) is 2.97. The predicted molar refractivity (Wildman–Crippen MR) is 76.6 cm³/mol. The summed E-state index contributed by atoms with van der Waals surface area (Å²) in [6.07, 6.45) is 3.90. The Morgan fingerprint density at radius 3 is 2.63 bits per heavy atom. The molecule has 0 aliphatic rings. The third-order valence-electron chi connectivity index (χ3n) is 3.23. The second-order valence-corrected chi connectivity index (χ2v) is 5.21. The van der Waals surface area contributed by atoms with Gasteiger partial charge in [-0.25, -0.2) is 0 Å². The monoisotopic (exact) mass is 263 g/mol. The van der Waals surface area contributed by atoms with Crippen molar-refractivity contribution in [3.05, 3.63) is 45.0 Å². The minimum atomic E-state index is -0.402. The van der Waals surface area contributed by atoms with Gasteiger partial charge in [0.05, 0.1) is 4.92 Å². The average molecular weight is 263 g/mol. The highest BCUT2D eigenvalue weighted by Crippen LogP contribution is 2.34. The lowest BCUT2D eigenvalue weighted by atomic mass is 9.93. The number of hydrogen-bond acceptors (Lipinski definition) is 3. The van der Waals surface area contributed by atoms with Crippen molar-refractivity contribution in [1.29, 1.82) is 0 Å². The van der Waals surface area contributed by atoms with Crippen molar-refractivity contribution in [2.24, 2.45) is 0 Å². The van der Waals surface area contributed by atoms with E-state index < -0.39 is 4.92 Å². The molecule has 1 aromatic carbocycles. The Hall–Kier alpha value is -1.84. The second-order valence-electron chi connectivity index (χ2n) is 5.21. The number of benzene rings is 1. The van der Waals surface area contributed by atoms with Gasteiger partial charge in [0.2, 0.25) is 0 Å². The van der Waals surface area contributed by atoms with Crippen LogP contribution in [0.4, 0.5) is 5.69 Å². The molecule has 19 heavy (non-hydrogen) atoms. The molecule has 0 aromatic heterocycles. The van der Waals surface area contributed by atoms with Crippen molar-refractivity contribution in [3.63, 3.8) is 0 Å². The Labute approximate surface area is 113 Å². The fourth-order valence-corrected chi connectivity index (χ4v) is 2.07. The van der Waals surface area contributed by atoms with Crippen LogP contribution in [0.2, 0.25) is 0 Å². The highest BCUT2D eigenvalue weighted by atomic mass is 16.6. The zero-order chi connectivity index (χ0) is 14.6. The Balaban J connectivity index is 2.96. The van der Waals surface area contributed by atoms with Crippen LogP contribution in [0.1, 0.15) is 50.7 Å². The van der Waals surface area contributed by atoms with E-state index in [9.17, 15) is 15.2 Å². The predicted octanol–water partition coefficient (Wildman–Crippen LogP) is 4.46. The summed E-state index contributed by atoms with van der Waals surface area (Å²) in [4.78, 5) is 10.5. The summed E-state index contributed by atoms with van der Waals surface area (Å²) >= 11 is 0. The molecule has 0 radical (unpaired) electrons. The molecule has 0 saturated heterocycles. The summed E-state index contributed by atoms with van der Waals surface area (Å²) in [5.74, 6) is 0.239. The van der Waals surface area contributed by atoms with Crippen LogP contribution >= 0.6 is 0 Å². The third kappa shape index (κ3) is 4.09. The van der Waals surface area contributed by atoms with Crippen LogP contribution in [0.5, 0.6) is 5.75 Å². The van der Waals surface area contributed by atoms with Crippen molar-refractivity contribution in [2.75, 3.05) is 0 Å². The second kappa shape index (κ2) is 6.36. The van der Waals surface area contributed by atoms with Crippen molar-refractivity contribution >= 4 is 5.69 Å². The van der Waals surface area contributed by atoms with Crippen molar-refractivity contribution in [2.45, 2.75) is 46.5 Å². The maximum Gasteiger partial charge on any atom is 0.272 e. The van der Waals surface area contributed by atoms with E-state index in [2.05, 4.69) is 6.08 Å². The molecule has 0 saturated carbocycles. The van der Waals surface area contributed by atoms with Gasteiger partial charge in [-0.05, 0) is 45.6 Å². The van der Waals surface area contributed by atoms with E-state index >= 15 is 0 Å². The third-order valence-corrected chi connectivity index (χ3v) is 3.23. The highest BCUT2D eigenvalue weighted by Gasteiger charge is 2.18. The molecule has 1 atom stereocenters. The number of nitro benzene ring substituents is 1. The average Bonchev–Trinajstić information content (AvgIpc) is 2.27. The van der Waals surface area contributed by atoms with Gasteiger partial charge in [0.1, 0.15) is 5.75 Å². The SMILES string of the molecule is CC(C)=CCC[C@H](C)c1cc([N+](=O)[O-])c(C)cc1O. The zero-order valence-corrected chi connectivity index (χ0v) is 11.9. The number of phenols is 1. The minimum Gasteiger partial charge on any atom is -0.508 e. The van der Waals surface area contributed by atoms with Crippen LogP contribution in [-0.2, 0) is 0 Å². The summed E-state index contributed by atoms with van der Waals surface area (Å²) in [5.41, 5.74) is 2.47. The molecule has 0 unspecified atom stereocenters. The van der Waals surface area contributed by atoms with Crippen LogP contribution in [-0.4, -0.2) is 10.0 Å². The van der Waals surface area contributed by atoms with Gasteiger partial charge in [0.15, 0.2) is 0 Å². The van der Waals surface area contributed by atoms with Gasteiger partial charge in [0.25, 0.3) is 5.69 Å². The first-order valence-corrected chi connectivity index (χ1v) is 6.44. The fraction of sp³-hybridized carbons (Fsp3) is 0.467. The van der Waals surface area contributed by atoms with Crippen molar-refractivity contribution < 1.29 is 10.0 Å². The van der Waals surface area contributed by atoms with E-state index in [1.54, 1.807) is 6.92 Å². The summed E-state index contributed by atoms with van der Waals surface area (Å²) in [7, 11) is 0. The smallest absolute Gasteiger partial charge is 0.272 e. The Bertz CT molecular complexity index is 502. The molecule has 0 aliphatic heterocycles. The Kier molecular flexibility index (Phi) is 5.10. The number of aryl methyl sites for hydroxylation is 1. The Morgan fingerprint density at radius 1 is 1.47 bits per heavy atom. The summed E-state index contributed by atoms with van der Waals surface area (Å²) in [6.45, 7) is 7.69. The number of nitrogens with zero attached hydrogens (tertiary/aromatic N) is 1. The molecule has 1 N–H and O–H groups in total. The number of phenolic OH excluding ortho intramolecular Hbond substituents is 1. The van der Waals surface area contributed by atoms with Crippen LogP contribution < -0.4 is 0 Å². The zero-order valence-electron chi connectivity index (χ0n) is 11.9. The highest BCUT2D eigenvalue weighted by molar-refractivity contribution is 5.50. The van der Waals surface area contributed by atoms with Crippen LogP contribution in [0.15, 0.2) is 23.8 Å². The van der Waals surface area contributed by atoms with Crippen LogP contribution in [0, 0.1) is 17.0 Å². The van der Waals surface area contributed by atoms with Crippen LogP contribution in [0.3, 0.4) is 0 Å². The number of rotatable bonds is 5. The number of allylic oxidation sites excluding steroid dienone is 2. The van der Waals surface area contributed by atoms with Crippen LogP contribution in [0.25, 0.3) is 0 Å². The molecule has 0 fully saturated rings. The number of hydrogen-bond donors (Lipinski definition) is 1. The first-order chi connectivity index (χ1) is 8.82. The molecule has 4 heteroatoms. The van der Waals surface area contributed by atoms with Gasteiger partial charge < -0.3 is 5.11 Å². The molecule has 1 rings (SSSR count). The lowest BCUT2D eigenvalue weighted by Crippen LogP contribution is -1.98. The van der Waals surface area contributed by atoms with Crippen molar-refractivity contribution in [3.8, 4) is 5.75 Å². The summed E-state index contributed by atoms with van der Waals surface area (Å²) < 4.78 is 0. The molecule has 1 aromatic rings. The molecule has 104 valence electrons. The van der Waals surface area contributed by atoms with Gasteiger partial charge >= 0.3 is 0 Å². The van der Waals surface area contributed by atoms with E-state index in [0.717, 1.165) is 12.8 Å². The van der Waals surface area contributed by atoms with E-state index in [4.69, 9.17) is 0 Å². The van der Waals surface area contributed by atoms with Gasteiger partial charge in [-0.1, -0.05) is 18.6 Å². The molecule has 0 heterocycles. The van der Waals surface area contributed by atoms with E-state index in [1.165, 1.54) is 17.7 Å².